The van der Waals surface area contributed by atoms with Gasteiger partial charge in [0.1, 0.15) is 0 Å². The van der Waals surface area contributed by atoms with Crippen LogP contribution in [0.3, 0.4) is 0 Å². The fourth-order valence-corrected chi connectivity index (χ4v) is 1.46. The topological polar surface area (TPSA) is 49.8 Å². The van der Waals surface area contributed by atoms with Gasteiger partial charge in [0.15, 0.2) is 6.23 Å². The van der Waals surface area contributed by atoms with E-state index in [0.717, 1.165) is 5.06 Å². The predicted molar refractivity (Wildman–Crippen MR) is 44.6 cm³/mol. The summed E-state index contributed by atoms with van der Waals surface area (Å²) in [6.07, 6.45) is -0.978. The van der Waals surface area contributed by atoms with Crippen LogP contribution in [0.15, 0.2) is 24.3 Å². The van der Waals surface area contributed by atoms with Gasteiger partial charge in [-0.25, -0.2) is 0 Å². The summed E-state index contributed by atoms with van der Waals surface area (Å²) in [5.41, 5.74) is 1.09. The summed E-state index contributed by atoms with van der Waals surface area (Å²) < 4.78 is 0. The third-order valence-electron chi connectivity index (χ3n) is 2.09. The first kappa shape index (κ1) is 8.22. The van der Waals surface area contributed by atoms with Crippen molar-refractivity contribution in [3.8, 4) is 0 Å². The number of carbonyl (C=O) groups excluding carboxylic acids is 1. The fraction of sp³-hybridized carbons (Fsp3) is 0.222. The lowest BCUT2D eigenvalue weighted by molar-refractivity contribution is -0.178. The Morgan fingerprint density at radius 3 is 2.77 bits per heavy atom. The lowest BCUT2D eigenvalue weighted by Gasteiger charge is -2.16. The molecule has 1 N–H and O–H groups in total. The molecule has 13 heavy (non-hydrogen) atoms. The molecule has 1 amide bonds. The lowest BCUT2D eigenvalue weighted by atomic mass is 10.1. The standard InChI is InChI=1S/C9H9NO3/c1-13-10-8(11)6-4-2-3-5-7(6)9(10)12/h2-5,8,11H,1H3. The van der Waals surface area contributed by atoms with Gasteiger partial charge in [-0.3, -0.25) is 9.63 Å². The van der Waals surface area contributed by atoms with Crippen LogP contribution < -0.4 is 0 Å². The molecule has 1 atom stereocenters. The van der Waals surface area contributed by atoms with Crippen molar-refractivity contribution in [2.45, 2.75) is 6.23 Å². The number of hydrogen-bond donors (Lipinski definition) is 1. The second-order valence-corrected chi connectivity index (χ2v) is 2.77. The fourth-order valence-electron chi connectivity index (χ4n) is 1.46. The van der Waals surface area contributed by atoms with Gasteiger partial charge in [-0.1, -0.05) is 18.2 Å². The average Bonchev–Trinajstić information content (AvgIpc) is 2.41. The molecule has 0 fully saturated rings. The summed E-state index contributed by atoms with van der Waals surface area (Å²) in [7, 11) is 1.35. The molecule has 0 saturated heterocycles. The quantitative estimate of drug-likeness (QED) is 0.690. The largest absolute Gasteiger partial charge is 0.367 e. The Morgan fingerprint density at radius 2 is 2.15 bits per heavy atom. The van der Waals surface area contributed by atoms with Gasteiger partial charge in [0.2, 0.25) is 0 Å². The van der Waals surface area contributed by atoms with Crippen LogP contribution in [-0.4, -0.2) is 23.2 Å². The first-order valence-electron chi connectivity index (χ1n) is 3.90. The third-order valence-corrected chi connectivity index (χ3v) is 2.09. The molecule has 0 aliphatic carbocycles. The highest BCUT2D eigenvalue weighted by molar-refractivity contribution is 5.98. The number of nitrogens with zero attached hydrogens (tertiary/aromatic N) is 1. The van der Waals surface area contributed by atoms with Crippen LogP contribution in [0.2, 0.25) is 0 Å². The van der Waals surface area contributed by atoms with E-state index in [9.17, 15) is 9.90 Å². The molecule has 4 heteroatoms. The van der Waals surface area contributed by atoms with E-state index < -0.39 is 6.23 Å². The molecular formula is C9H9NO3. The molecule has 1 aliphatic heterocycles. The van der Waals surface area contributed by atoms with Gasteiger partial charge < -0.3 is 5.11 Å². The third kappa shape index (κ3) is 1.03. The highest BCUT2D eigenvalue weighted by atomic mass is 16.7. The minimum absolute atomic E-state index is 0.300. The molecule has 0 bridgehead atoms. The molecule has 1 aromatic carbocycles. The maximum atomic E-state index is 11.5. The van der Waals surface area contributed by atoms with Crippen molar-refractivity contribution < 1.29 is 14.7 Å². The summed E-state index contributed by atoms with van der Waals surface area (Å²) in [6.45, 7) is 0. The first-order chi connectivity index (χ1) is 6.25. The van der Waals surface area contributed by atoms with Gasteiger partial charge in [-0.2, -0.15) is 5.06 Å². The normalized spacial score (nSPS) is 20.6. The van der Waals surface area contributed by atoms with E-state index in [0.29, 0.717) is 11.1 Å². The minimum atomic E-state index is -0.978. The summed E-state index contributed by atoms with van der Waals surface area (Å²) in [5.74, 6) is -0.300. The number of aliphatic hydroxyl groups is 1. The van der Waals surface area contributed by atoms with E-state index in [1.54, 1.807) is 24.3 Å². The number of hydrogen-bond acceptors (Lipinski definition) is 3. The molecular weight excluding hydrogens is 170 g/mol. The van der Waals surface area contributed by atoms with Gasteiger partial charge in [-0.05, 0) is 6.07 Å². The lowest BCUT2D eigenvalue weighted by Crippen LogP contribution is -2.26. The number of benzene rings is 1. The van der Waals surface area contributed by atoms with E-state index in [1.165, 1.54) is 7.11 Å². The maximum absolute atomic E-state index is 11.5. The highest BCUT2D eigenvalue weighted by Crippen LogP contribution is 2.30. The second kappa shape index (κ2) is 2.83. The van der Waals surface area contributed by atoms with Crippen molar-refractivity contribution in [1.82, 2.24) is 5.06 Å². The van der Waals surface area contributed by atoms with E-state index in [4.69, 9.17) is 4.84 Å². The first-order valence-corrected chi connectivity index (χ1v) is 3.90. The van der Waals surface area contributed by atoms with Crippen LogP contribution >= 0.6 is 0 Å². The van der Waals surface area contributed by atoms with Crippen LogP contribution in [0.5, 0.6) is 0 Å². The summed E-state index contributed by atoms with van der Waals surface area (Å²) in [5, 5.41) is 10.5. The van der Waals surface area contributed by atoms with Gasteiger partial charge in [0.05, 0.1) is 7.11 Å². The zero-order valence-electron chi connectivity index (χ0n) is 7.10. The molecule has 0 aromatic heterocycles. The van der Waals surface area contributed by atoms with Crippen molar-refractivity contribution in [1.29, 1.82) is 0 Å². The Hall–Kier alpha value is -1.39. The molecule has 1 aromatic rings. The maximum Gasteiger partial charge on any atom is 0.280 e. The molecule has 1 unspecified atom stereocenters. The van der Waals surface area contributed by atoms with Crippen molar-refractivity contribution in [3.63, 3.8) is 0 Å². The summed E-state index contributed by atoms with van der Waals surface area (Å²) >= 11 is 0. The summed E-state index contributed by atoms with van der Waals surface area (Å²) in [4.78, 5) is 16.2. The van der Waals surface area contributed by atoms with Gasteiger partial charge in [-0.15, -0.1) is 0 Å². The number of aliphatic hydroxyl groups excluding tert-OH is 1. The zero-order valence-corrected chi connectivity index (χ0v) is 7.10. The van der Waals surface area contributed by atoms with Crippen LogP contribution in [0, 0.1) is 0 Å². The number of carbonyl (C=O) groups is 1. The Bertz CT molecular complexity index is 350. The van der Waals surface area contributed by atoms with Gasteiger partial charge in [0.25, 0.3) is 5.91 Å². The van der Waals surface area contributed by atoms with E-state index >= 15 is 0 Å². The Balaban J connectivity index is 2.50. The van der Waals surface area contributed by atoms with Crippen LogP contribution in [0.25, 0.3) is 0 Å². The van der Waals surface area contributed by atoms with E-state index in [1.807, 2.05) is 0 Å². The highest BCUT2D eigenvalue weighted by Gasteiger charge is 2.35. The van der Waals surface area contributed by atoms with Crippen LogP contribution in [-0.2, 0) is 4.84 Å². The van der Waals surface area contributed by atoms with Crippen LogP contribution in [0.1, 0.15) is 22.1 Å². The van der Waals surface area contributed by atoms with Crippen molar-refractivity contribution in [2.24, 2.45) is 0 Å². The molecule has 68 valence electrons. The molecule has 1 aliphatic rings. The van der Waals surface area contributed by atoms with Crippen molar-refractivity contribution in [2.75, 3.05) is 7.11 Å². The monoisotopic (exact) mass is 179 g/mol. The summed E-state index contributed by atoms with van der Waals surface area (Å²) in [6, 6.07) is 6.90. The Kier molecular flexibility index (Phi) is 1.79. The van der Waals surface area contributed by atoms with Gasteiger partial charge in [0, 0.05) is 11.1 Å². The Labute approximate surface area is 75.3 Å². The number of rotatable bonds is 1. The molecule has 2 rings (SSSR count). The van der Waals surface area contributed by atoms with Gasteiger partial charge >= 0.3 is 0 Å². The van der Waals surface area contributed by atoms with Crippen molar-refractivity contribution >= 4 is 5.91 Å². The SMILES string of the molecule is CON1C(=O)c2ccccc2C1O. The molecule has 0 radical (unpaired) electrons. The second-order valence-electron chi connectivity index (χ2n) is 2.77. The van der Waals surface area contributed by atoms with Crippen molar-refractivity contribution in [3.05, 3.63) is 35.4 Å². The molecule has 0 spiro atoms. The predicted octanol–water partition coefficient (Wildman–Crippen LogP) is 0.695. The minimum Gasteiger partial charge on any atom is -0.367 e. The number of fused-ring (bicyclic) bond motifs is 1. The molecule has 0 saturated carbocycles. The smallest absolute Gasteiger partial charge is 0.280 e. The number of hydroxylamine groups is 2. The number of amides is 1. The van der Waals surface area contributed by atoms with E-state index in [2.05, 4.69) is 0 Å². The average molecular weight is 179 g/mol. The Morgan fingerprint density at radius 1 is 1.46 bits per heavy atom. The van der Waals surface area contributed by atoms with E-state index in [-0.39, 0.29) is 5.91 Å². The molecule has 1 heterocycles. The van der Waals surface area contributed by atoms with Crippen LogP contribution in [0.4, 0.5) is 0 Å². The molecule has 4 nitrogen and oxygen atoms in total. The zero-order chi connectivity index (χ0) is 9.42.